The van der Waals surface area contributed by atoms with Gasteiger partial charge in [-0.3, -0.25) is 4.98 Å². The number of halogens is 1. The van der Waals surface area contributed by atoms with Crippen molar-refractivity contribution in [1.82, 2.24) is 10.3 Å². The molecule has 94 valence electrons. The highest BCUT2D eigenvalue weighted by molar-refractivity contribution is 9.10. The number of nitrogens with one attached hydrogen (secondary N) is 1. The molecule has 0 bridgehead atoms. The number of hydrogen-bond acceptors (Lipinski definition) is 2. The van der Waals surface area contributed by atoms with E-state index in [1.54, 1.807) is 6.20 Å². The summed E-state index contributed by atoms with van der Waals surface area (Å²) >= 11 is 3.45. The largest absolute Gasteiger partial charge is 0.304 e. The molecule has 2 atom stereocenters. The number of hydrogen-bond donors (Lipinski definition) is 1. The Morgan fingerprint density at radius 2 is 1.67 bits per heavy atom. The van der Waals surface area contributed by atoms with E-state index in [-0.39, 0.29) is 6.04 Å². The molecule has 1 aromatic carbocycles. The van der Waals surface area contributed by atoms with Gasteiger partial charge in [0.25, 0.3) is 0 Å². The minimum absolute atomic E-state index is 0.289. The van der Waals surface area contributed by atoms with E-state index in [0.29, 0.717) is 6.04 Å². The topological polar surface area (TPSA) is 24.9 Å². The van der Waals surface area contributed by atoms with Crippen LogP contribution in [0.5, 0.6) is 0 Å². The molecule has 0 spiro atoms. The van der Waals surface area contributed by atoms with Crippen molar-refractivity contribution in [3.63, 3.8) is 0 Å². The summed E-state index contributed by atoms with van der Waals surface area (Å²) in [7, 11) is 0. The van der Waals surface area contributed by atoms with Crippen molar-refractivity contribution in [2.24, 2.45) is 0 Å². The molecule has 2 rings (SSSR count). The zero-order valence-corrected chi connectivity index (χ0v) is 12.2. The average molecular weight is 305 g/mol. The van der Waals surface area contributed by atoms with Gasteiger partial charge in [0.2, 0.25) is 0 Å². The van der Waals surface area contributed by atoms with Crippen LogP contribution >= 0.6 is 15.9 Å². The number of benzene rings is 1. The van der Waals surface area contributed by atoms with Gasteiger partial charge in [-0.2, -0.15) is 0 Å². The first-order valence-corrected chi connectivity index (χ1v) is 6.87. The third-order valence-electron chi connectivity index (χ3n) is 3.05. The fourth-order valence-corrected chi connectivity index (χ4v) is 2.22. The summed E-state index contributed by atoms with van der Waals surface area (Å²) in [6, 6.07) is 13.1. The van der Waals surface area contributed by atoms with E-state index in [9.17, 15) is 0 Å². The average Bonchev–Trinajstić information content (AvgIpc) is 2.40. The van der Waals surface area contributed by atoms with Crippen LogP contribution in [0.15, 0.2) is 53.3 Å². The molecular weight excluding hydrogens is 288 g/mol. The highest BCUT2D eigenvalue weighted by Gasteiger charge is 2.10. The first-order chi connectivity index (χ1) is 8.66. The minimum atomic E-state index is 0.289. The van der Waals surface area contributed by atoms with Crippen LogP contribution in [0.4, 0.5) is 0 Å². The Kier molecular flexibility index (Phi) is 4.50. The highest BCUT2D eigenvalue weighted by atomic mass is 79.9. The zero-order chi connectivity index (χ0) is 13.0. The van der Waals surface area contributed by atoms with Crippen molar-refractivity contribution in [1.29, 1.82) is 0 Å². The molecule has 18 heavy (non-hydrogen) atoms. The Labute approximate surface area is 117 Å². The van der Waals surface area contributed by atoms with Crippen LogP contribution in [0.25, 0.3) is 0 Å². The number of aromatic nitrogens is 1. The van der Waals surface area contributed by atoms with E-state index in [2.05, 4.69) is 70.4 Å². The maximum atomic E-state index is 4.15. The van der Waals surface area contributed by atoms with E-state index in [1.807, 2.05) is 12.3 Å². The maximum Gasteiger partial charge on any atom is 0.0315 e. The Morgan fingerprint density at radius 1 is 1.00 bits per heavy atom. The van der Waals surface area contributed by atoms with E-state index in [4.69, 9.17) is 0 Å². The summed E-state index contributed by atoms with van der Waals surface area (Å²) in [5, 5.41) is 3.58. The second-order valence-electron chi connectivity index (χ2n) is 4.45. The first-order valence-electron chi connectivity index (χ1n) is 6.08. The van der Waals surface area contributed by atoms with E-state index in [1.165, 1.54) is 11.1 Å². The van der Waals surface area contributed by atoms with Crippen molar-refractivity contribution in [3.8, 4) is 0 Å². The molecule has 0 fully saturated rings. The van der Waals surface area contributed by atoms with Crippen molar-refractivity contribution in [2.45, 2.75) is 25.9 Å². The Morgan fingerprint density at radius 3 is 2.28 bits per heavy atom. The lowest BCUT2D eigenvalue weighted by Gasteiger charge is -2.20. The van der Waals surface area contributed by atoms with Crippen molar-refractivity contribution in [3.05, 3.63) is 64.4 Å². The van der Waals surface area contributed by atoms with Gasteiger partial charge in [-0.25, -0.2) is 0 Å². The summed E-state index contributed by atoms with van der Waals surface area (Å²) in [4.78, 5) is 4.15. The SMILES string of the molecule is C[C@H](N[C@@H](C)c1cccnc1)c1ccc(Br)cc1. The summed E-state index contributed by atoms with van der Waals surface area (Å²) < 4.78 is 1.11. The summed E-state index contributed by atoms with van der Waals surface area (Å²) in [5.74, 6) is 0. The van der Waals surface area contributed by atoms with Gasteiger partial charge >= 0.3 is 0 Å². The Bertz CT molecular complexity index is 482. The molecular formula is C15H17BrN2. The van der Waals surface area contributed by atoms with Gasteiger partial charge in [0.15, 0.2) is 0 Å². The molecule has 0 amide bonds. The number of rotatable bonds is 4. The van der Waals surface area contributed by atoms with E-state index in [0.717, 1.165) is 4.47 Å². The third kappa shape index (κ3) is 3.40. The number of pyridine rings is 1. The van der Waals surface area contributed by atoms with Crippen LogP contribution in [-0.2, 0) is 0 Å². The molecule has 0 aliphatic carbocycles. The molecule has 0 saturated carbocycles. The van der Waals surface area contributed by atoms with Gasteiger partial charge in [0.05, 0.1) is 0 Å². The van der Waals surface area contributed by atoms with Crippen molar-refractivity contribution in [2.75, 3.05) is 0 Å². The quantitative estimate of drug-likeness (QED) is 0.913. The maximum absolute atomic E-state index is 4.15. The summed E-state index contributed by atoms with van der Waals surface area (Å²) in [5.41, 5.74) is 2.50. The van der Waals surface area contributed by atoms with Gasteiger partial charge in [-0.15, -0.1) is 0 Å². The zero-order valence-electron chi connectivity index (χ0n) is 10.6. The summed E-state index contributed by atoms with van der Waals surface area (Å²) in [6.07, 6.45) is 3.71. The van der Waals surface area contributed by atoms with Gasteiger partial charge in [-0.1, -0.05) is 34.1 Å². The summed E-state index contributed by atoms with van der Waals surface area (Å²) in [6.45, 7) is 4.34. The van der Waals surface area contributed by atoms with Crippen LogP contribution in [0.3, 0.4) is 0 Å². The monoisotopic (exact) mass is 304 g/mol. The molecule has 0 aliphatic heterocycles. The predicted molar refractivity (Wildman–Crippen MR) is 78.3 cm³/mol. The van der Waals surface area contributed by atoms with Gasteiger partial charge < -0.3 is 5.32 Å². The van der Waals surface area contributed by atoms with E-state index < -0.39 is 0 Å². The molecule has 0 aliphatic rings. The first kappa shape index (κ1) is 13.2. The fourth-order valence-electron chi connectivity index (χ4n) is 1.95. The molecule has 1 aromatic heterocycles. The highest BCUT2D eigenvalue weighted by Crippen LogP contribution is 2.20. The molecule has 2 aromatic rings. The standard InChI is InChI=1S/C15H17BrN2/c1-11(13-5-7-15(16)8-6-13)18-12(2)14-4-3-9-17-10-14/h3-12,18H,1-2H3/t11-,12-/m0/s1. The van der Waals surface area contributed by atoms with Crippen LogP contribution in [0, 0.1) is 0 Å². The number of nitrogens with zero attached hydrogens (tertiary/aromatic N) is 1. The molecule has 2 nitrogen and oxygen atoms in total. The molecule has 0 saturated heterocycles. The normalized spacial score (nSPS) is 14.2. The van der Waals surface area contributed by atoms with Crippen LogP contribution in [0.2, 0.25) is 0 Å². The van der Waals surface area contributed by atoms with Crippen molar-refractivity contribution < 1.29 is 0 Å². The van der Waals surface area contributed by atoms with Crippen molar-refractivity contribution >= 4 is 15.9 Å². The van der Waals surface area contributed by atoms with Crippen LogP contribution < -0.4 is 5.32 Å². The second kappa shape index (κ2) is 6.12. The lowest BCUT2D eigenvalue weighted by molar-refractivity contribution is 0.493. The van der Waals surface area contributed by atoms with E-state index >= 15 is 0 Å². The van der Waals surface area contributed by atoms with Crippen LogP contribution in [-0.4, -0.2) is 4.98 Å². The predicted octanol–water partition coefficient (Wildman–Crippen LogP) is 4.26. The lowest BCUT2D eigenvalue weighted by atomic mass is 10.1. The van der Waals surface area contributed by atoms with Crippen LogP contribution in [0.1, 0.15) is 37.1 Å². The smallest absolute Gasteiger partial charge is 0.0315 e. The van der Waals surface area contributed by atoms with Gasteiger partial charge in [0.1, 0.15) is 0 Å². The second-order valence-corrected chi connectivity index (χ2v) is 5.36. The fraction of sp³-hybridized carbons (Fsp3) is 0.267. The molecule has 3 heteroatoms. The molecule has 0 radical (unpaired) electrons. The minimum Gasteiger partial charge on any atom is -0.304 e. The lowest BCUT2D eigenvalue weighted by Crippen LogP contribution is -2.22. The third-order valence-corrected chi connectivity index (χ3v) is 3.58. The van der Waals surface area contributed by atoms with Gasteiger partial charge in [-0.05, 0) is 43.2 Å². The molecule has 1 heterocycles. The van der Waals surface area contributed by atoms with Gasteiger partial charge in [0, 0.05) is 29.0 Å². The Balaban J connectivity index is 2.03. The molecule has 1 N–H and O–H groups in total. The molecule has 0 unspecified atom stereocenters. The Hall–Kier alpha value is -1.19.